The second-order valence-electron chi connectivity index (χ2n) is 3.75. The third kappa shape index (κ3) is 2.97. The first-order chi connectivity index (χ1) is 7.77. The lowest BCUT2D eigenvalue weighted by molar-refractivity contribution is -0.138. The van der Waals surface area contributed by atoms with Gasteiger partial charge in [0, 0.05) is 24.6 Å². The summed E-state index contributed by atoms with van der Waals surface area (Å²) in [5.74, 6) is -6.67. The standard InChI is InChI=1S/C11H12F3NO2/c1-11(13,14)6-2-3-9(12)7(4-6)8(5-15)10(16)17/h2-4,8H,5,15H2,1H3,(H,16,17). The van der Waals surface area contributed by atoms with E-state index in [4.69, 9.17) is 10.8 Å². The van der Waals surface area contributed by atoms with Gasteiger partial charge in [0.1, 0.15) is 5.82 Å². The summed E-state index contributed by atoms with van der Waals surface area (Å²) in [6, 6.07) is 2.60. The van der Waals surface area contributed by atoms with Crippen LogP contribution in [-0.4, -0.2) is 17.6 Å². The maximum atomic E-state index is 13.4. The van der Waals surface area contributed by atoms with Crippen molar-refractivity contribution in [1.29, 1.82) is 0 Å². The van der Waals surface area contributed by atoms with Crippen LogP contribution in [0.4, 0.5) is 13.2 Å². The summed E-state index contributed by atoms with van der Waals surface area (Å²) in [4.78, 5) is 10.8. The zero-order valence-electron chi connectivity index (χ0n) is 9.08. The Bertz CT molecular complexity index is 429. The number of aliphatic carboxylic acids is 1. The van der Waals surface area contributed by atoms with E-state index < -0.39 is 29.2 Å². The van der Waals surface area contributed by atoms with Crippen LogP contribution in [0.25, 0.3) is 0 Å². The third-order valence-corrected chi connectivity index (χ3v) is 2.41. The molecule has 17 heavy (non-hydrogen) atoms. The van der Waals surface area contributed by atoms with Crippen molar-refractivity contribution in [3.8, 4) is 0 Å². The van der Waals surface area contributed by atoms with Crippen molar-refractivity contribution >= 4 is 5.97 Å². The Morgan fingerprint density at radius 2 is 2.12 bits per heavy atom. The normalized spacial score (nSPS) is 13.5. The van der Waals surface area contributed by atoms with E-state index in [9.17, 15) is 18.0 Å². The molecule has 0 radical (unpaired) electrons. The minimum atomic E-state index is -3.15. The van der Waals surface area contributed by atoms with Gasteiger partial charge < -0.3 is 10.8 Å². The molecule has 0 aliphatic carbocycles. The zero-order chi connectivity index (χ0) is 13.2. The minimum absolute atomic E-state index is 0.320. The average molecular weight is 247 g/mol. The topological polar surface area (TPSA) is 63.3 Å². The lowest BCUT2D eigenvalue weighted by atomic mass is 9.95. The van der Waals surface area contributed by atoms with E-state index in [2.05, 4.69) is 0 Å². The quantitative estimate of drug-likeness (QED) is 0.856. The smallest absolute Gasteiger partial charge is 0.312 e. The van der Waals surface area contributed by atoms with Crippen LogP contribution in [0.5, 0.6) is 0 Å². The van der Waals surface area contributed by atoms with Crippen LogP contribution in [0, 0.1) is 5.82 Å². The molecule has 94 valence electrons. The number of hydrogen-bond acceptors (Lipinski definition) is 2. The maximum Gasteiger partial charge on any atom is 0.312 e. The Morgan fingerprint density at radius 3 is 2.53 bits per heavy atom. The number of hydrogen-bond donors (Lipinski definition) is 2. The SMILES string of the molecule is CC(F)(F)c1ccc(F)c(C(CN)C(=O)O)c1. The molecular formula is C11H12F3NO2. The van der Waals surface area contributed by atoms with Crippen molar-refractivity contribution in [2.24, 2.45) is 5.73 Å². The molecule has 0 heterocycles. The van der Waals surface area contributed by atoms with Gasteiger partial charge in [-0.05, 0) is 12.1 Å². The predicted molar refractivity (Wildman–Crippen MR) is 55.4 cm³/mol. The number of halogens is 3. The van der Waals surface area contributed by atoms with Crippen LogP contribution >= 0.6 is 0 Å². The van der Waals surface area contributed by atoms with Crippen molar-refractivity contribution < 1.29 is 23.1 Å². The summed E-state index contributed by atoms with van der Waals surface area (Å²) in [6.07, 6.45) is 0. The number of benzene rings is 1. The van der Waals surface area contributed by atoms with Gasteiger partial charge in [-0.25, -0.2) is 13.2 Å². The molecule has 1 unspecified atom stereocenters. The van der Waals surface area contributed by atoms with Gasteiger partial charge in [0.05, 0.1) is 5.92 Å². The van der Waals surface area contributed by atoms with E-state index in [0.29, 0.717) is 6.92 Å². The van der Waals surface area contributed by atoms with Crippen LogP contribution in [0.3, 0.4) is 0 Å². The number of carbonyl (C=O) groups is 1. The summed E-state index contributed by atoms with van der Waals surface area (Å²) in [5, 5.41) is 8.81. The van der Waals surface area contributed by atoms with Crippen molar-refractivity contribution in [2.45, 2.75) is 18.8 Å². The first kappa shape index (κ1) is 13.5. The van der Waals surface area contributed by atoms with Crippen molar-refractivity contribution in [3.63, 3.8) is 0 Å². The highest BCUT2D eigenvalue weighted by Gasteiger charge is 2.28. The molecule has 3 N–H and O–H groups in total. The van der Waals surface area contributed by atoms with Gasteiger partial charge in [-0.1, -0.05) is 6.07 Å². The van der Waals surface area contributed by atoms with E-state index in [1.54, 1.807) is 0 Å². The second kappa shape index (κ2) is 4.75. The van der Waals surface area contributed by atoms with Gasteiger partial charge in [0.25, 0.3) is 5.92 Å². The lowest BCUT2D eigenvalue weighted by Crippen LogP contribution is -2.23. The van der Waals surface area contributed by atoms with Crippen molar-refractivity contribution in [2.75, 3.05) is 6.54 Å². The molecule has 0 saturated carbocycles. The first-order valence-electron chi connectivity index (χ1n) is 4.88. The van der Waals surface area contributed by atoms with Gasteiger partial charge in [0.15, 0.2) is 0 Å². The number of carboxylic acids is 1. The molecule has 0 aliphatic rings. The molecule has 1 aromatic rings. The fraction of sp³-hybridized carbons (Fsp3) is 0.364. The fourth-order valence-electron chi connectivity index (χ4n) is 1.44. The summed E-state index contributed by atoms with van der Waals surface area (Å²) >= 11 is 0. The number of nitrogens with two attached hydrogens (primary N) is 1. The highest BCUT2D eigenvalue weighted by Crippen LogP contribution is 2.30. The number of carboxylic acid groups (broad SMARTS) is 1. The molecule has 0 bridgehead atoms. The summed E-state index contributed by atoms with van der Waals surface area (Å²) in [5.41, 5.74) is 4.44. The van der Waals surface area contributed by atoms with E-state index in [1.165, 1.54) is 0 Å². The maximum absolute atomic E-state index is 13.4. The van der Waals surface area contributed by atoms with Crippen LogP contribution in [0.15, 0.2) is 18.2 Å². The van der Waals surface area contributed by atoms with E-state index in [1.807, 2.05) is 0 Å². The zero-order valence-corrected chi connectivity index (χ0v) is 9.08. The largest absolute Gasteiger partial charge is 0.481 e. The van der Waals surface area contributed by atoms with Gasteiger partial charge in [-0.3, -0.25) is 4.79 Å². The molecule has 0 aromatic heterocycles. The van der Waals surface area contributed by atoms with Crippen molar-refractivity contribution in [3.05, 3.63) is 35.1 Å². The molecule has 3 nitrogen and oxygen atoms in total. The van der Waals surface area contributed by atoms with Gasteiger partial charge in [0.2, 0.25) is 0 Å². The van der Waals surface area contributed by atoms with Crippen LogP contribution in [0.2, 0.25) is 0 Å². The van der Waals surface area contributed by atoms with Gasteiger partial charge >= 0.3 is 5.97 Å². The van der Waals surface area contributed by atoms with E-state index in [-0.39, 0.29) is 12.1 Å². The second-order valence-corrected chi connectivity index (χ2v) is 3.75. The van der Waals surface area contributed by atoms with Crippen LogP contribution in [-0.2, 0) is 10.7 Å². The number of rotatable bonds is 4. The lowest BCUT2D eigenvalue weighted by Gasteiger charge is -2.16. The van der Waals surface area contributed by atoms with Crippen LogP contribution < -0.4 is 5.73 Å². The van der Waals surface area contributed by atoms with E-state index >= 15 is 0 Å². The molecule has 0 fully saturated rings. The molecule has 1 atom stereocenters. The Kier molecular flexibility index (Phi) is 3.77. The minimum Gasteiger partial charge on any atom is -0.481 e. The monoisotopic (exact) mass is 247 g/mol. The van der Waals surface area contributed by atoms with Crippen molar-refractivity contribution in [1.82, 2.24) is 0 Å². The Labute approximate surface area is 96.0 Å². The summed E-state index contributed by atoms with van der Waals surface area (Å²) in [7, 11) is 0. The molecule has 0 amide bonds. The molecule has 0 spiro atoms. The Morgan fingerprint density at radius 1 is 1.53 bits per heavy atom. The number of alkyl halides is 2. The fourth-order valence-corrected chi connectivity index (χ4v) is 1.44. The molecule has 1 rings (SSSR count). The van der Waals surface area contributed by atoms with Crippen LogP contribution in [0.1, 0.15) is 24.0 Å². The first-order valence-corrected chi connectivity index (χ1v) is 4.88. The summed E-state index contributed by atoms with van der Waals surface area (Å²) < 4.78 is 39.5. The highest BCUT2D eigenvalue weighted by molar-refractivity contribution is 5.76. The summed E-state index contributed by atoms with van der Waals surface area (Å²) in [6.45, 7) is 0.299. The predicted octanol–water partition coefficient (Wildman–Crippen LogP) is 2.06. The molecule has 0 saturated heterocycles. The van der Waals surface area contributed by atoms with E-state index in [0.717, 1.165) is 18.2 Å². The van der Waals surface area contributed by atoms with Gasteiger partial charge in [-0.2, -0.15) is 0 Å². The third-order valence-electron chi connectivity index (χ3n) is 2.41. The Hall–Kier alpha value is -1.56. The molecular weight excluding hydrogens is 235 g/mol. The average Bonchev–Trinajstić information content (AvgIpc) is 2.19. The highest BCUT2D eigenvalue weighted by atomic mass is 19.3. The molecule has 1 aromatic carbocycles. The Balaban J connectivity index is 3.28. The molecule has 0 aliphatic heterocycles. The van der Waals surface area contributed by atoms with Gasteiger partial charge in [-0.15, -0.1) is 0 Å². The molecule has 6 heteroatoms.